The first-order valence-electron chi connectivity index (χ1n) is 11.1. The highest BCUT2D eigenvalue weighted by Crippen LogP contribution is 2.27. The van der Waals surface area contributed by atoms with Crippen molar-refractivity contribution >= 4 is 45.3 Å². The maximum absolute atomic E-state index is 12.9. The molecule has 3 aromatic heterocycles. The van der Waals surface area contributed by atoms with Gasteiger partial charge >= 0.3 is 0 Å². The molecule has 0 aliphatic carbocycles. The Morgan fingerprint density at radius 2 is 1.77 bits per heavy atom. The Balaban J connectivity index is 1.31. The summed E-state index contributed by atoms with van der Waals surface area (Å²) in [7, 11) is 0. The van der Waals surface area contributed by atoms with Crippen molar-refractivity contribution in [2.45, 2.75) is 24.8 Å². The van der Waals surface area contributed by atoms with Crippen LogP contribution in [0.4, 0.5) is 5.82 Å². The fourth-order valence-electron chi connectivity index (χ4n) is 4.12. The summed E-state index contributed by atoms with van der Waals surface area (Å²) >= 11 is 1.19. The Morgan fingerprint density at radius 1 is 0.943 bits per heavy atom. The lowest BCUT2D eigenvalue weighted by atomic mass is 10.0. The van der Waals surface area contributed by atoms with Crippen molar-refractivity contribution in [2.24, 2.45) is 5.14 Å². The summed E-state index contributed by atoms with van der Waals surface area (Å²) in [4.78, 5) is 27.0. The minimum Gasteiger partial charge on any atom is -0.383 e. The second-order valence-electron chi connectivity index (χ2n) is 8.38. The molecule has 0 fully saturated rings. The number of nitrogens with one attached hydrogen (secondary N) is 1. The van der Waals surface area contributed by atoms with Gasteiger partial charge in [-0.2, -0.15) is 0 Å². The summed E-state index contributed by atoms with van der Waals surface area (Å²) in [6.45, 7) is 2.37. The summed E-state index contributed by atoms with van der Waals surface area (Å²) in [5.41, 5.74) is 11.2. The molecule has 5 rings (SSSR count). The standard InChI is InChI=1S/C27H24N6OS/c1-16-2-4-20-11-18(13-24(35-29)25(20)33-16)12-22-14-21(7-8-30-22)27(34)32-15-17-3-5-23-19(10-17)6-9-31-26(23)28/h2-11,13-14H,12,15,29H2,1H3,(H2,28,31)(H,32,34). The zero-order valence-electron chi connectivity index (χ0n) is 19.2. The molecular weight excluding hydrogens is 456 g/mol. The highest BCUT2D eigenvalue weighted by Gasteiger charge is 2.11. The lowest BCUT2D eigenvalue weighted by Crippen LogP contribution is -2.23. The molecule has 5 N–H and O–H groups in total. The molecule has 0 unspecified atom stereocenters. The molecule has 0 radical (unpaired) electrons. The molecule has 2 aromatic carbocycles. The molecule has 5 aromatic rings. The molecule has 174 valence electrons. The Kier molecular flexibility index (Phi) is 6.31. The van der Waals surface area contributed by atoms with E-state index in [2.05, 4.69) is 32.4 Å². The van der Waals surface area contributed by atoms with Crippen LogP contribution in [0.5, 0.6) is 0 Å². The maximum Gasteiger partial charge on any atom is 0.251 e. The number of hydrogen-bond acceptors (Lipinski definition) is 7. The molecule has 7 nitrogen and oxygen atoms in total. The van der Waals surface area contributed by atoms with Gasteiger partial charge in [0.15, 0.2) is 0 Å². The normalized spacial score (nSPS) is 11.1. The van der Waals surface area contributed by atoms with Gasteiger partial charge in [0, 0.05) is 58.0 Å². The second-order valence-corrected chi connectivity index (χ2v) is 9.06. The van der Waals surface area contributed by atoms with Gasteiger partial charge in [0.2, 0.25) is 0 Å². The zero-order valence-corrected chi connectivity index (χ0v) is 20.0. The number of carbonyl (C=O) groups excluding carboxylic acids is 1. The van der Waals surface area contributed by atoms with Crippen molar-refractivity contribution in [2.75, 3.05) is 5.73 Å². The predicted molar refractivity (Wildman–Crippen MR) is 141 cm³/mol. The molecule has 3 heterocycles. The van der Waals surface area contributed by atoms with E-state index in [-0.39, 0.29) is 5.91 Å². The van der Waals surface area contributed by atoms with E-state index in [0.717, 1.165) is 49.1 Å². The van der Waals surface area contributed by atoms with E-state index in [1.807, 2.05) is 49.4 Å². The molecular formula is C27H24N6OS. The van der Waals surface area contributed by atoms with Crippen LogP contribution in [-0.2, 0) is 13.0 Å². The third kappa shape index (κ3) is 4.94. The molecule has 0 atom stereocenters. The number of nitrogens with two attached hydrogens (primary N) is 2. The largest absolute Gasteiger partial charge is 0.383 e. The first-order valence-corrected chi connectivity index (χ1v) is 12.0. The van der Waals surface area contributed by atoms with Crippen LogP contribution >= 0.6 is 11.9 Å². The lowest BCUT2D eigenvalue weighted by molar-refractivity contribution is 0.0950. The van der Waals surface area contributed by atoms with E-state index in [4.69, 9.17) is 10.9 Å². The zero-order chi connectivity index (χ0) is 24.4. The fraction of sp³-hybridized carbons (Fsp3) is 0.111. The van der Waals surface area contributed by atoms with Crippen LogP contribution in [0.15, 0.2) is 78.0 Å². The third-order valence-electron chi connectivity index (χ3n) is 5.86. The molecule has 35 heavy (non-hydrogen) atoms. The van der Waals surface area contributed by atoms with Gasteiger partial charge in [0.1, 0.15) is 5.82 Å². The number of benzene rings is 2. The molecule has 0 saturated heterocycles. The van der Waals surface area contributed by atoms with Crippen molar-refractivity contribution in [1.29, 1.82) is 0 Å². The van der Waals surface area contributed by atoms with Gasteiger partial charge in [-0.1, -0.05) is 18.2 Å². The van der Waals surface area contributed by atoms with E-state index in [1.54, 1.807) is 18.5 Å². The van der Waals surface area contributed by atoms with Crippen molar-refractivity contribution in [3.05, 3.63) is 101 Å². The molecule has 0 aliphatic rings. The van der Waals surface area contributed by atoms with Crippen LogP contribution in [0.1, 0.15) is 32.9 Å². The van der Waals surface area contributed by atoms with E-state index in [1.165, 1.54) is 11.9 Å². The number of carbonyl (C=O) groups is 1. The van der Waals surface area contributed by atoms with Crippen LogP contribution < -0.4 is 16.2 Å². The van der Waals surface area contributed by atoms with Crippen LogP contribution in [0, 0.1) is 6.92 Å². The lowest BCUT2D eigenvalue weighted by Gasteiger charge is -2.10. The van der Waals surface area contributed by atoms with Crippen molar-refractivity contribution in [1.82, 2.24) is 20.3 Å². The minimum absolute atomic E-state index is 0.153. The van der Waals surface area contributed by atoms with E-state index in [0.29, 0.717) is 24.3 Å². The Hall–Kier alpha value is -4.01. The molecule has 0 bridgehead atoms. The first-order chi connectivity index (χ1) is 17.0. The highest BCUT2D eigenvalue weighted by molar-refractivity contribution is 7.97. The molecule has 0 spiro atoms. The van der Waals surface area contributed by atoms with Gasteiger partial charge in [0.05, 0.1) is 5.52 Å². The first kappa shape index (κ1) is 22.8. The SMILES string of the molecule is Cc1ccc2cc(Cc3cc(C(=O)NCc4ccc5c(N)nccc5c4)ccn3)cc(SN)c2n1. The smallest absolute Gasteiger partial charge is 0.251 e. The average Bonchev–Trinajstić information content (AvgIpc) is 2.87. The van der Waals surface area contributed by atoms with Crippen molar-refractivity contribution in [3.8, 4) is 0 Å². The number of rotatable bonds is 6. The molecule has 1 amide bonds. The summed E-state index contributed by atoms with van der Waals surface area (Å²) in [5.74, 6) is 0.344. The van der Waals surface area contributed by atoms with Crippen LogP contribution in [-0.4, -0.2) is 20.9 Å². The third-order valence-corrected chi connectivity index (χ3v) is 6.43. The quantitative estimate of drug-likeness (QED) is 0.305. The van der Waals surface area contributed by atoms with Crippen LogP contribution in [0.25, 0.3) is 21.7 Å². The number of nitrogens with zero attached hydrogens (tertiary/aromatic N) is 3. The number of hydrogen-bond donors (Lipinski definition) is 3. The number of aromatic nitrogens is 3. The Labute approximate surface area is 207 Å². The molecule has 8 heteroatoms. The Bertz CT molecular complexity index is 1570. The van der Waals surface area contributed by atoms with E-state index in [9.17, 15) is 4.79 Å². The van der Waals surface area contributed by atoms with E-state index >= 15 is 0 Å². The van der Waals surface area contributed by atoms with Gasteiger partial charge in [-0.3, -0.25) is 19.9 Å². The number of anilines is 1. The topological polar surface area (TPSA) is 120 Å². The number of aryl methyl sites for hydroxylation is 1. The van der Waals surface area contributed by atoms with E-state index < -0.39 is 0 Å². The summed E-state index contributed by atoms with van der Waals surface area (Å²) in [6.07, 6.45) is 3.93. The number of amides is 1. The van der Waals surface area contributed by atoms with Gasteiger partial charge in [0.25, 0.3) is 5.91 Å². The van der Waals surface area contributed by atoms with Gasteiger partial charge < -0.3 is 11.1 Å². The Morgan fingerprint density at radius 3 is 2.63 bits per heavy atom. The summed E-state index contributed by atoms with van der Waals surface area (Å²) in [6, 6.07) is 19.5. The number of fused-ring (bicyclic) bond motifs is 2. The van der Waals surface area contributed by atoms with Crippen LogP contribution in [0.2, 0.25) is 0 Å². The highest BCUT2D eigenvalue weighted by atomic mass is 32.2. The minimum atomic E-state index is -0.153. The monoisotopic (exact) mass is 480 g/mol. The van der Waals surface area contributed by atoms with Gasteiger partial charge in [-0.15, -0.1) is 0 Å². The number of pyridine rings is 3. The van der Waals surface area contributed by atoms with Gasteiger partial charge in [-0.25, -0.2) is 4.98 Å². The fourth-order valence-corrected chi connectivity index (χ4v) is 4.62. The molecule has 0 saturated carbocycles. The number of nitrogen functional groups attached to an aromatic ring is 1. The van der Waals surface area contributed by atoms with Gasteiger partial charge in [-0.05, 0) is 77.8 Å². The average molecular weight is 481 g/mol. The van der Waals surface area contributed by atoms with Crippen LogP contribution in [0.3, 0.4) is 0 Å². The predicted octanol–water partition coefficient (Wildman–Crippen LogP) is 4.56. The van der Waals surface area contributed by atoms with Crippen molar-refractivity contribution < 1.29 is 4.79 Å². The second kappa shape index (κ2) is 9.69. The summed E-state index contributed by atoms with van der Waals surface area (Å²) in [5, 5.41) is 11.8. The molecule has 0 aliphatic heterocycles. The maximum atomic E-state index is 12.9. The van der Waals surface area contributed by atoms with Crippen molar-refractivity contribution in [3.63, 3.8) is 0 Å². The summed E-state index contributed by atoms with van der Waals surface area (Å²) < 4.78 is 0.